The normalized spacial score (nSPS) is 24.3. The van der Waals surface area contributed by atoms with Gasteiger partial charge < -0.3 is 116 Å². The summed E-state index contributed by atoms with van der Waals surface area (Å²) in [7, 11) is 1.47. The van der Waals surface area contributed by atoms with E-state index in [1.54, 1.807) is 44.2 Å². The summed E-state index contributed by atoms with van der Waals surface area (Å²) >= 11 is 0. The molecule has 111 heavy (non-hydrogen) atoms. The van der Waals surface area contributed by atoms with Crippen LogP contribution >= 0.6 is 21.6 Å². The molecule has 4 fully saturated rings. The first-order valence-corrected chi connectivity index (χ1v) is 38.8. The van der Waals surface area contributed by atoms with E-state index in [1.807, 2.05) is 0 Å². The molecule has 23 N–H and O–H groups in total. The Morgan fingerprint density at radius 2 is 1.30 bits per heavy atom. The van der Waals surface area contributed by atoms with Crippen molar-refractivity contribution in [3.63, 3.8) is 0 Å². The fourth-order valence-corrected chi connectivity index (χ4v) is 15.1. The fourth-order valence-electron chi connectivity index (χ4n) is 12.8. The SMILES string of the molecule is CC[C@H](C)[C@@H]1NC(=O)[C@H](CO)NC(=O)[C@H](CCCCN)NC(=O)[C@H]([C@@H](C)O)NC(=O)[C@@H](NC(=O)[C@H](CCCN=C(N)N)NC(=O)CN)CSSC[C@@H](C(=O)N[C@@H](Cc2ccccc2)C(=O)N2CCC[C@H]2C(=O)N[C@@H](CC(=O)O)C(=O)O)NC(=O)[C@H](Cn2cc(C(=O)O)nn2)NC(=O)[C@@H]2CCCN2C(=O)[C@@H]2CCCN2C1=O. The second kappa shape index (κ2) is 43.9. The van der Waals surface area contributed by atoms with Crippen LogP contribution in [0.2, 0.25) is 0 Å². The van der Waals surface area contributed by atoms with Crippen LogP contribution in [0.1, 0.15) is 120 Å². The lowest BCUT2D eigenvalue weighted by molar-refractivity contribution is -0.149. The Bertz CT molecular complexity index is 3690. The van der Waals surface area contributed by atoms with E-state index in [1.165, 1.54) is 9.80 Å². The molecule has 13 amide bonds. The summed E-state index contributed by atoms with van der Waals surface area (Å²) in [6, 6.07) is -13.1. The van der Waals surface area contributed by atoms with E-state index in [-0.39, 0.29) is 116 Å². The number of nitrogens with zero attached hydrogens (tertiary/aromatic N) is 7. The van der Waals surface area contributed by atoms with E-state index in [4.69, 9.17) is 22.9 Å². The second-order valence-electron chi connectivity index (χ2n) is 27.2. The summed E-state index contributed by atoms with van der Waals surface area (Å²) < 4.78 is 0.890. The average Bonchev–Trinajstić information content (AvgIpc) is 1.68. The highest BCUT2D eigenvalue weighted by atomic mass is 33.1. The monoisotopic (exact) mass is 1600 g/mol. The number of rotatable bonds is 29. The molecule has 2 aromatic rings. The summed E-state index contributed by atoms with van der Waals surface area (Å²) in [5.74, 6) is -19.9. The molecule has 4 saturated heterocycles. The molecule has 0 aliphatic carbocycles. The largest absolute Gasteiger partial charge is 0.481 e. The topological polar surface area (TPSA) is 651 Å². The number of unbranched alkanes of at least 4 members (excludes halogenated alkanes) is 1. The van der Waals surface area contributed by atoms with E-state index < -0.39 is 229 Å². The van der Waals surface area contributed by atoms with Crippen LogP contribution in [0.4, 0.5) is 0 Å². The maximum atomic E-state index is 15.4. The van der Waals surface area contributed by atoms with Crippen LogP contribution in [0.3, 0.4) is 0 Å². The summed E-state index contributed by atoms with van der Waals surface area (Å²) in [5, 5.41) is 83.5. The Hall–Kier alpha value is -10.3. The Morgan fingerprint density at radius 3 is 1.92 bits per heavy atom. The number of hydrogen-bond donors (Lipinski definition) is 19. The van der Waals surface area contributed by atoms with Gasteiger partial charge in [0, 0.05) is 44.1 Å². The number of aliphatic imine (C=N–C) groups is 1. The molecule has 1 aromatic heterocycles. The number of fused-ring (bicyclic) bond motifs is 2. The van der Waals surface area contributed by atoms with Gasteiger partial charge in [0.15, 0.2) is 11.7 Å². The van der Waals surface area contributed by atoms with Gasteiger partial charge in [-0.15, -0.1) is 5.10 Å². The molecule has 0 bridgehead atoms. The van der Waals surface area contributed by atoms with Crippen LogP contribution < -0.4 is 76.1 Å². The van der Waals surface area contributed by atoms with Crippen molar-refractivity contribution in [2.45, 2.75) is 202 Å². The maximum Gasteiger partial charge on any atom is 0.358 e. The van der Waals surface area contributed by atoms with Crippen molar-refractivity contribution >= 4 is 122 Å². The van der Waals surface area contributed by atoms with Crippen LogP contribution in [0.15, 0.2) is 41.5 Å². The number of nitrogens with one attached hydrogen (secondary N) is 10. The molecule has 6 rings (SSSR count). The van der Waals surface area contributed by atoms with Crippen LogP contribution in [0.5, 0.6) is 0 Å². The molecule has 0 unspecified atom stereocenters. The Labute approximate surface area is 645 Å². The third kappa shape index (κ3) is 26.4. The third-order valence-corrected chi connectivity index (χ3v) is 21.4. The lowest BCUT2D eigenvalue weighted by Gasteiger charge is -2.35. The van der Waals surface area contributed by atoms with Crippen LogP contribution in [-0.2, 0) is 84.9 Å². The minimum Gasteiger partial charge on any atom is -0.481 e. The number of guanidine groups is 1. The molecule has 0 spiro atoms. The Balaban J connectivity index is 1.49. The molecule has 0 radical (unpaired) electrons. The molecule has 612 valence electrons. The summed E-state index contributed by atoms with van der Waals surface area (Å²) in [6.45, 7) is 2.00. The lowest BCUT2D eigenvalue weighted by Crippen LogP contribution is -2.62. The number of carboxylic acids is 3. The lowest BCUT2D eigenvalue weighted by atomic mass is 9.96. The molecule has 42 nitrogen and oxygen atoms in total. The maximum absolute atomic E-state index is 15.4. The number of likely N-dealkylation sites (tertiary alicyclic amines) is 1. The number of aliphatic hydroxyl groups excluding tert-OH is 2. The van der Waals surface area contributed by atoms with Crippen molar-refractivity contribution in [2.75, 3.05) is 57.4 Å². The van der Waals surface area contributed by atoms with Gasteiger partial charge in [0.1, 0.15) is 78.5 Å². The minimum atomic E-state index is -1.97. The smallest absolute Gasteiger partial charge is 0.358 e. The molecule has 0 saturated carbocycles. The number of benzene rings is 1. The third-order valence-electron chi connectivity index (χ3n) is 19.0. The average molecular weight is 1600 g/mol. The second-order valence-corrected chi connectivity index (χ2v) is 29.7. The van der Waals surface area contributed by atoms with E-state index in [2.05, 4.69) is 68.5 Å². The number of aromatic carboxylic acids is 1. The van der Waals surface area contributed by atoms with Crippen molar-refractivity contribution < 1.29 is 102 Å². The highest BCUT2D eigenvalue weighted by molar-refractivity contribution is 8.76. The predicted octanol–water partition coefficient (Wildman–Crippen LogP) is -7.45. The number of aliphatic carboxylic acids is 2. The standard InChI is InChI=1S/C67H101N21O21S2/c1-4-34(2)51-64(105)88-25-13-20-48(88)63(104)87-24-12-19-47(87)60(101)77-41(29-85-30-42(66(108)109)83-84-85)55(96)80-44(57(98)75-39(26-36-14-6-5-7-15-36)62(103)86-23-11-18-46(86)59(100)76-40(65(106)107)27-50(92)93)32-110-111-33-45(79-53(94)37(73-49(91)28-69)17-10-22-72-67(70)71)58(99)82-52(35(3)90)61(102)74-38(16-8-9-21-68)54(95)78-43(31-89)56(97)81-51/h5-7,14-15,30,34-35,37-41,43-48,51-52,89-90H,4,8-13,16-29,31-33,68-69H2,1-3H3,(H,73,91)(H,74,102)(H,75,98)(H,76,100)(H,77,101)(H,78,95)(H,79,94)(H,80,96)(H,81,97)(H,82,99)(H,92,93)(H,106,107)(H,108,109)(H4,70,71,72)/t34-,35+,37-,38-,39-,40-,41-,43-,44-,45-,46-,47-,48-,51-,52-/m0/s1. The van der Waals surface area contributed by atoms with E-state index in [0.29, 0.717) is 12.0 Å². The van der Waals surface area contributed by atoms with Gasteiger partial charge in [-0.3, -0.25) is 72.1 Å². The molecule has 15 atom stereocenters. The molecule has 4 aliphatic rings. The van der Waals surface area contributed by atoms with Crippen molar-refractivity contribution in [2.24, 2.45) is 33.8 Å². The zero-order chi connectivity index (χ0) is 81.8. The Morgan fingerprint density at radius 1 is 0.676 bits per heavy atom. The number of carbonyl (C=O) groups excluding carboxylic acids is 13. The summed E-state index contributed by atoms with van der Waals surface area (Å²) in [6.07, 6.45) is -1.03. The predicted molar refractivity (Wildman–Crippen MR) is 396 cm³/mol. The van der Waals surface area contributed by atoms with Gasteiger partial charge in [-0.05, 0) is 95.6 Å². The van der Waals surface area contributed by atoms with Crippen LogP contribution in [-0.4, -0.2) is 298 Å². The fraction of sp³-hybridized carbons (Fsp3) is 0.627. The number of aromatic nitrogens is 3. The van der Waals surface area contributed by atoms with Crippen molar-refractivity contribution in [1.82, 2.24) is 82.9 Å². The van der Waals surface area contributed by atoms with Crippen molar-refractivity contribution in [3.8, 4) is 0 Å². The summed E-state index contributed by atoms with van der Waals surface area (Å²) in [4.78, 5) is 233. The van der Waals surface area contributed by atoms with E-state index in [0.717, 1.165) is 44.3 Å². The molecular formula is C67H101N21O21S2. The highest BCUT2D eigenvalue weighted by Gasteiger charge is 2.47. The zero-order valence-electron chi connectivity index (χ0n) is 61.6. The number of carboxylic acid groups (broad SMARTS) is 3. The molecule has 1 aromatic carbocycles. The van der Waals surface area contributed by atoms with Gasteiger partial charge in [0.2, 0.25) is 76.8 Å². The van der Waals surface area contributed by atoms with Gasteiger partial charge in [-0.1, -0.05) is 77.4 Å². The molecule has 4 aliphatic heterocycles. The number of nitrogens with two attached hydrogens (primary N) is 4. The number of hydrogen-bond acceptors (Lipinski definition) is 25. The van der Waals surface area contributed by atoms with E-state index in [9.17, 15) is 87.9 Å². The molecule has 5 heterocycles. The molecule has 44 heteroatoms. The first-order valence-electron chi connectivity index (χ1n) is 36.4. The van der Waals surface area contributed by atoms with Gasteiger partial charge in [-0.2, -0.15) is 0 Å². The van der Waals surface area contributed by atoms with Gasteiger partial charge in [0.05, 0.1) is 38.4 Å². The number of carbonyl (C=O) groups is 16. The van der Waals surface area contributed by atoms with Gasteiger partial charge in [0.25, 0.3) is 0 Å². The Kier molecular flexibility index (Phi) is 35.4. The van der Waals surface area contributed by atoms with Crippen molar-refractivity contribution in [1.29, 1.82) is 0 Å². The zero-order valence-corrected chi connectivity index (χ0v) is 63.3. The first kappa shape index (κ1) is 89.6. The van der Waals surface area contributed by atoms with Gasteiger partial charge >= 0.3 is 17.9 Å². The van der Waals surface area contributed by atoms with E-state index >= 15 is 14.4 Å². The first-order chi connectivity index (χ1) is 52.8. The number of amides is 13. The quantitative estimate of drug-likeness (QED) is 0.0156. The minimum absolute atomic E-state index is 0.000687. The number of aliphatic hydroxyl groups is 2. The van der Waals surface area contributed by atoms with Crippen LogP contribution in [0.25, 0.3) is 0 Å². The highest BCUT2D eigenvalue weighted by Crippen LogP contribution is 2.29. The van der Waals surface area contributed by atoms with Crippen LogP contribution in [0, 0.1) is 5.92 Å². The van der Waals surface area contributed by atoms with Crippen molar-refractivity contribution in [3.05, 3.63) is 47.8 Å². The molecular weight excluding hydrogens is 1500 g/mol. The van der Waals surface area contributed by atoms with Gasteiger partial charge in [-0.25, -0.2) is 14.3 Å². The summed E-state index contributed by atoms with van der Waals surface area (Å²) in [5.41, 5.74) is 22.3.